The van der Waals surface area contributed by atoms with Gasteiger partial charge in [-0.3, -0.25) is 9.59 Å². The van der Waals surface area contributed by atoms with Gasteiger partial charge in [-0.15, -0.1) is 5.10 Å². The number of para-hydroxylation sites is 1. The number of unbranched alkanes of at least 4 members (excludes halogenated alkanes) is 2. The van der Waals surface area contributed by atoms with Crippen molar-refractivity contribution in [1.29, 1.82) is 0 Å². The number of carbonyl (C=O) groups is 1. The zero-order valence-electron chi connectivity index (χ0n) is 21.9. The van der Waals surface area contributed by atoms with Gasteiger partial charge in [-0.2, -0.15) is 9.50 Å². The number of benzene rings is 3. The number of amides is 1. The summed E-state index contributed by atoms with van der Waals surface area (Å²) in [6, 6.07) is 23.3. The molecule has 1 aliphatic heterocycles. The molecule has 0 saturated carbocycles. The predicted octanol–water partition coefficient (Wildman–Crippen LogP) is 5.16. The number of hydrogen-bond acceptors (Lipinski definition) is 6. The molecular formula is C31H28N4O3S. The lowest BCUT2D eigenvalue weighted by molar-refractivity contribution is -0.113. The number of ether oxygens (including phenoxy) is 1. The Kier molecular flexibility index (Phi) is 6.70. The highest BCUT2D eigenvalue weighted by molar-refractivity contribution is 7.15. The molecule has 0 spiro atoms. The van der Waals surface area contributed by atoms with Crippen molar-refractivity contribution in [2.24, 2.45) is 0 Å². The van der Waals surface area contributed by atoms with Crippen LogP contribution in [0.1, 0.15) is 42.9 Å². The third kappa shape index (κ3) is 4.72. The van der Waals surface area contributed by atoms with Crippen LogP contribution in [0.15, 0.2) is 77.6 Å². The molecule has 3 aromatic carbocycles. The van der Waals surface area contributed by atoms with Crippen molar-refractivity contribution in [3.63, 3.8) is 0 Å². The molecule has 0 unspecified atom stereocenters. The van der Waals surface area contributed by atoms with E-state index in [-0.39, 0.29) is 11.5 Å². The van der Waals surface area contributed by atoms with Crippen LogP contribution in [0, 0.1) is 6.92 Å². The maximum atomic E-state index is 13.7. The molecule has 3 heterocycles. The lowest BCUT2D eigenvalue weighted by Crippen LogP contribution is -2.32. The van der Waals surface area contributed by atoms with Gasteiger partial charge in [-0.05, 0) is 49.2 Å². The summed E-state index contributed by atoms with van der Waals surface area (Å²) in [5.74, 6) is 1.08. The molecular weight excluding hydrogens is 508 g/mol. The third-order valence-corrected chi connectivity index (χ3v) is 7.93. The van der Waals surface area contributed by atoms with E-state index in [0.717, 1.165) is 53.0 Å². The molecule has 7 nitrogen and oxygen atoms in total. The molecule has 6 rings (SSSR count). The zero-order valence-corrected chi connectivity index (χ0v) is 22.7. The molecule has 39 heavy (non-hydrogen) atoms. The molecule has 0 radical (unpaired) electrons. The predicted molar refractivity (Wildman–Crippen MR) is 154 cm³/mol. The highest BCUT2D eigenvalue weighted by Crippen LogP contribution is 2.36. The number of thiazole rings is 1. The maximum absolute atomic E-state index is 13.7. The first-order chi connectivity index (χ1) is 19.0. The van der Waals surface area contributed by atoms with Crippen LogP contribution in [-0.2, 0) is 11.3 Å². The van der Waals surface area contributed by atoms with Crippen LogP contribution in [0.25, 0.3) is 21.9 Å². The summed E-state index contributed by atoms with van der Waals surface area (Å²) in [6.07, 6.45) is 3.33. The Balaban J connectivity index is 1.33. The molecule has 1 amide bonds. The number of anilines is 1. The van der Waals surface area contributed by atoms with Gasteiger partial charge < -0.3 is 9.64 Å². The number of aromatic nitrogens is 3. The van der Waals surface area contributed by atoms with E-state index in [1.165, 1.54) is 15.9 Å². The van der Waals surface area contributed by atoms with Gasteiger partial charge in [0.05, 0.1) is 24.4 Å². The largest absolute Gasteiger partial charge is 0.494 e. The summed E-state index contributed by atoms with van der Waals surface area (Å²) in [7, 11) is 0. The molecule has 2 aromatic heterocycles. The number of carbonyl (C=O) groups excluding carboxylic acids is 1. The smallest absolute Gasteiger partial charge is 0.291 e. The van der Waals surface area contributed by atoms with E-state index in [9.17, 15) is 9.59 Å². The first-order valence-electron chi connectivity index (χ1n) is 13.2. The molecule has 8 heteroatoms. The van der Waals surface area contributed by atoms with Crippen LogP contribution in [-0.4, -0.2) is 27.1 Å². The second kappa shape index (κ2) is 10.5. The van der Waals surface area contributed by atoms with Gasteiger partial charge in [-0.1, -0.05) is 79.1 Å². The number of fused-ring (bicyclic) bond motifs is 2. The topological polar surface area (TPSA) is 76.8 Å². The van der Waals surface area contributed by atoms with Crippen LogP contribution >= 0.6 is 11.3 Å². The fourth-order valence-electron chi connectivity index (χ4n) is 4.78. The summed E-state index contributed by atoms with van der Waals surface area (Å²) < 4.78 is 7.45. The SMILES string of the molecule is CCCCCOc1ccc(-c2nc3sc(=C4C(=O)N(Cc5ccc(C)cc5)c5ccccc54)c(=O)n3n2)cc1. The molecule has 196 valence electrons. The number of hydrogen-bond donors (Lipinski definition) is 0. The van der Waals surface area contributed by atoms with Gasteiger partial charge in [-0.25, -0.2) is 0 Å². The van der Waals surface area contributed by atoms with E-state index in [1.54, 1.807) is 4.90 Å². The van der Waals surface area contributed by atoms with Gasteiger partial charge in [0, 0.05) is 11.1 Å². The highest BCUT2D eigenvalue weighted by atomic mass is 32.1. The third-order valence-electron chi connectivity index (χ3n) is 6.90. The minimum absolute atomic E-state index is 0.187. The minimum atomic E-state index is -0.333. The fourth-order valence-corrected chi connectivity index (χ4v) is 5.78. The van der Waals surface area contributed by atoms with Crippen LogP contribution in [0.5, 0.6) is 5.75 Å². The standard InChI is InChI=1S/C31H28N4O3S/c1-3-4-7-18-38-23-16-14-22(15-17-23)28-32-31-35(33-28)30(37)27(39-31)26-24-8-5-6-9-25(24)34(29(26)36)19-21-12-10-20(2)11-13-21/h5-6,8-17H,3-4,7,18-19H2,1-2H3. The van der Waals surface area contributed by atoms with Gasteiger partial charge >= 0.3 is 0 Å². The molecule has 0 fully saturated rings. The first kappa shape index (κ1) is 25.0. The van der Waals surface area contributed by atoms with Gasteiger partial charge in [0.25, 0.3) is 11.5 Å². The van der Waals surface area contributed by atoms with E-state index in [2.05, 4.69) is 17.0 Å². The Bertz CT molecular complexity index is 1770. The monoisotopic (exact) mass is 536 g/mol. The van der Waals surface area contributed by atoms with Crippen LogP contribution in [0.4, 0.5) is 5.69 Å². The van der Waals surface area contributed by atoms with E-state index in [4.69, 9.17) is 4.74 Å². The van der Waals surface area contributed by atoms with E-state index in [1.807, 2.05) is 79.7 Å². The van der Waals surface area contributed by atoms with Gasteiger partial charge in [0.1, 0.15) is 10.3 Å². The summed E-state index contributed by atoms with van der Waals surface area (Å²) in [5.41, 5.74) is 4.62. The normalized spacial score (nSPS) is 14.3. The average Bonchev–Trinajstić information content (AvgIpc) is 3.59. The second-order valence-electron chi connectivity index (χ2n) is 9.72. The minimum Gasteiger partial charge on any atom is -0.494 e. The Labute approximate surface area is 230 Å². The second-order valence-corrected chi connectivity index (χ2v) is 10.7. The molecule has 0 bridgehead atoms. The molecule has 5 aromatic rings. The van der Waals surface area contributed by atoms with Crippen molar-refractivity contribution >= 4 is 33.5 Å². The van der Waals surface area contributed by atoms with Gasteiger partial charge in [0.15, 0.2) is 5.82 Å². The van der Waals surface area contributed by atoms with Crippen LogP contribution in [0.3, 0.4) is 0 Å². The van der Waals surface area contributed by atoms with Crippen LogP contribution < -0.4 is 19.7 Å². The lowest BCUT2D eigenvalue weighted by Gasteiger charge is -2.17. The average molecular weight is 537 g/mol. The van der Waals surface area contributed by atoms with Crippen molar-refractivity contribution in [1.82, 2.24) is 14.6 Å². The molecule has 0 N–H and O–H groups in total. The molecule has 1 aliphatic rings. The fraction of sp³-hybridized carbons (Fsp3) is 0.226. The number of aryl methyl sites for hydroxylation is 1. The lowest BCUT2D eigenvalue weighted by atomic mass is 10.1. The Morgan fingerprint density at radius 1 is 0.923 bits per heavy atom. The number of nitrogens with zero attached hydrogens (tertiary/aromatic N) is 4. The van der Waals surface area contributed by atoms with Crippen molar-refractivity contribution in [2.75, 3.05) is 11.5 Å². The number of rotatable bonds is 8. The van der Waals surface area contributed by atoms with Crippen molar-refractivity contribution < 1.29 is 9.53 Å². The van der Waals surface area contributed by atoms with Crippen molar-refractivity contribution in [3.8, 4) is 17.1 Å². The van der Waals surface area contributed by atoms with Crippen LogP contribution in [0.2, 0.25) is 0 Å². The summed E-state index contributed by atoms with van der Waals surface area (Å²) >= 11 is 1.20. The highest BCUT2D eigenvalue weighted by Gasteiger charge is 2.34. The quantitative estimate of drug-likeness (QED) is 0.256. The summed E-state index contributed by atoms with van der Waals surface area (Å²) in [6.45, 7) is 5.32. The molecule has 0 atom stereocenters. The Morgan fingerprint density at radius 2 is 1.69 bits per heavy atom. The van der Waals surface area contributed by atoms with Crippen molar-refractivity contribution in [3.05, 3.63) is 104 Å². The summed E-state index contributed by atoms with van der Waals surface area (Å²) in [4.78, 5) is 34.0. The van der Waals surface area contributed by atoms with Gasteiger partial charge in [0.2, 0.25) is 4.96 Å². The maximum Gasteiger partial charge on any atom is 0.291 e. The zero-order chi connectivity index (χ0) is 26.9. The Hall–Kier alpha value is -4.30. The first-order valence-corrected chi connectivity index (χ1v) is 14.0. The molecule has 0 aliphatic carbocycles. The van der Waals surface area contributed by atoms with Crippen molar-refractivity contribution in [2.45, 2.75) is 39.7 Å². The van der Waals surface area contributed by atoms with E-state index >= 15 is 0 Å². The Morgan fingerprint density at radius 3 is 2.44 bits per heavy atom. The molecule has 0 saturated heterocycles. The van der Waals surface area contributed by atoms with E-state index in [0.29, 0.717) is 34.0 Å². The van der Waals surface area contributed by atoms with E-state index < -0.39 is 0 Å². The summed E-state index contributed by atoms with van der Waals surface area (Å²) in [5, 5.41) is 4.49.